The Labute approximate surface area is 172 Å². The molecule has 0 radical (unpaired) electrons. The molecule has 0 bridgehead atoms. The van der Waals surface area contributed by atoms with Crippen LogP contribution in [0.4, 0.5) is 0 Å². The molecule has 2 N–H and O–H groups in total. The summed E-state index contributed by atoms with van der Waals surface area (Å²) in [4.78, 5) is 25.6. The number of benzene rings is 2. The molecule has 1 atom stereocenters. The molecule has 2 amide bonds. The van der Waals surface area contributed by atoms with E-state index in [1.165, 1.54) is 0 Å². The summed E-state index contributed by atoms with van der Waals surface area (Å²) in [7, 11) is 3.13. The highest BCUT2D eigenvalue weighted by Gasteiger charge is 2.23. The van der Waals surface area contributed by atoms with Gasteiger partial charge in [0.25, 0.3) is 5.91 Å². The molecular weight excluding hydrogens is 368 g/mol. The number of rotatable bonds is 9. The minimum Gasteiger partial charge on any atom is -0.493 e. The second kappa shape index (κ2) is 10.5. The van der Waals surface area contributed by atoms with Gasteiger partial charge in [-0.15, -0.1) is 0 Å². The number of hydrogen-bond donors (Lipinski definition) is 2. The number of methoxy groups -OCH3 is 2. The molecule has 0 spiro atoms. The van der Waals surface area contributed by atoms with Crippen LogP contribution >= 0.6 is 0 Å². The van der Waals surface area contributed by atoms with Gasteiger partial charge in [0.15, 0.2) is 11.5 Å². The van der Waals surface area contributed by atoms with E-state index in [1.807, 2.05) is 51.1 Å². The summed E-state index contributed by atoms with van der Waals surface area (Å²) in [5, 5.41) is 5.80. The van der Waals surface area contributed by atoms with Gasteiger partial charge in [-0.05, 0) is 37.0 Å². The predicted molar refractivity (Wildman–Crippen MR) is 113 cm³/mol. The quantitative estimate of drug-likeness (QED) is 0.678. The highest BCUT2D eigenvalue weighted by atomic mass is 16.5. The van der Waals surface area contributed by atoms with Gasteiger partial charge in [-0.3, -0.25) is 9.59 Å². The van der Waals surface area contributed by atoms with Crippen LogP contribution in [0.15, 0.2) is 42.5 Å². The molecule has 0 heterocycles. The van der Waals surface area contributed by atoms with Crippen LogP contribution in [-0.2, 0) is 11.3 Å². The Morgan fingerprint density at radius 1 is 1.00 bits per heavy atom. The first kappa shape index (κ1) is 22.3. The lowest BCUT2D eigenvalue weighted by Crippen LogP contribution is -2.47. The number of aryl methyl sites for hydroxylation is 1. The van der Waals surface area contributed by atoms with Crippen molar-refractivity contribution in [2.45, 2.75) is 39.8 Å². The van der Waals surface area contributed by atoms with Gasteiger partial charge in [0, 0.05) is 17.7 Å². The number of carbonyl (C=O) groups is 2. The van der Waals surface area contributed by atoms with Gasteiger partial charge < -0.3 is 20.1 Å². The zero-order chi connectivity index (χ0) is 21.4. The molecule has 2 rings (SSSR count). The number of nitrogens with one attached hydrogen (secondary N) is 2. The van der Waals surface area contributed by atoms with Crippen LogP contribution in [0.2, 0.25) is 0 Å². The van der Waals surface area contributed by atoms with E-state index in [9.17, 15) is 9.59 Å². The number of carbonyl (C=O) groups excluding carboxylic acids is 2. The van der Waals surface area contributed by atoms with Crippen LogP contribution < -0.4 is 20.1 Å². The zero-order valence-corrected chi connectivity index (χ0v) is 17.7. The monoisotopic (exact) mass is 398 g/mol. The smallest absolute Gasteiger partial charge is 0.252 e. The molecule has 0 aromatic heterocycles. The summed E-state index contributed by atoms with van der Waals surface area (Å²) in [6.07, 6.45) is 0.540. The highest BCUT2D eigenvalue weighted by molar-refractivity contribution is 5.98. The van der Waals surface area contributed by atoms with E-state index in [-0.39, 0.29) is 24.3 Å². The van der Waals surface area contributed by atoms with E-state index < -0.39 is 6.04 Å². The molecule has 0 fully saturated rings. The fraction of sp³-hybridized carbons (Fsp3) is 0.391. The number of para-hydroxylation sites is 1. The Morgan fingerprint density at radius 2 is 1.72 bits per heavy atom. The van der Waals surface area contributed by atoms with Crippen molar-refractivity contribution < 1.29 is 19.1 Å². The van der Waals surface area contributed by atoms with Crippen molar-refractivity contribution in [1.82, 2.24) is 10.6 Å². The van der Waals surface area contributed by atoms with Gasteiger partial charge in [0.1, 0.15) is 6.04 Å². The Hall–Kier alpha value is -3.02. The van der Waals surface area contributed by atoms with Gasteiger partial charge in [-0.1, -0.05) is 44.2 Å². The summed E-state index contributed by atoms with van der Waals surface area (Å²) < 4.78 is 10.7. The largest absolute Gasteiger partial charge is 0.493 e. The minimum atomic E-state index is -0.626. The average Bonchev–Trinajstić information content (AvgIpc) is 2.70. The van der Waals surface area contributed by atoms with Crippen molar-refractivity contribution in [3.63, 3.8) is 0 Å². The highest BCUT2D eigenvalue weighted by Crippen LogP contribution is 2.30. The maximum atomic E-state index is 12.9. The third-order valence-corrected chi connectivity index (χ3v) is 4.66. The molecule has 6 nitrogen and oxygen atoms in total. The fourth-order valence-electron chi connectivity index (χ4n) is 3.17. The lowest BCUT2D eigenvalue weighted by Gasteiger charge is -2.21. The summed E-state index contributed by atoms with van der Waals surface area (Å²) in [6.45, 7) is 6.19. The van der Waals surface area contributed by atoms with Gasteiger partial charge in [0.05, 0.1) is 14.2 Å². The van der Waals surface area contributed by atoms with E-state index in [1.54, 1.807) is 26.4 Å². The first-order valence-corrected chi connectivity index (χ1v) is 9.71. The lowest BCUT2D eigenvalue weighted by molar-refractivity contribution is -0.123. The van der Waals surface area contributed by atoms with E-state index >= 15 is 0 Å². The molecule has 2 aromatic rings. The first-order valence-electron chi connectivity index (χ1n) is 9.71. The fourth-order valence-corrected chi connectivity index (χ4v) is 3.17. The molecule has 0 aliphatic carbocycles. The van der Waals surface area contributed by atoms with Crippen LogP contribution in [0.5, 0.6) is 11.5 Å². The summed E-state index contributed by atoms with van der Waals surface area (Å²) in [5.74, 6) is 0.952. The minimum absolute atomic E-state index is 0.231. The van der Waals surface area contributed by atoms with Gasteiger partial charge in [0.2, 0.25) is 5.91 Å². The molecule has 6 heteroatoms. The molecule has 1 unspecified atom stereocenters. The topological polar surface area (TPSA) is 76.7 Å². The molecule has 0 aliphatic heterocycles. The number of hydrogen-bond acceptors (Lipinski definition) is 4. The molecule has 0 aliphatic rings. The van der Waals surface area contributed by atoms with Crippen LogP contribution in [0.1, 0.15) is 41.8 Å². The molecular formula is C23H30N2O4. The summed E-state index contributed by atoms with van der Waals surface area (Å²) in [6, 6.07) is 12.2. The maximum absolute atomic E-state index is 12.9. The van der Waals surface area contributed by atoms with Gasteiger partial charge in [-0.2, -0.15) is 0 Å². The SMILES string of the molecule is COc1cccc(CNC(=O)C(CC(C)C)NC(=O)c2ccccc2C)c1OC. The van der Waals surface area contributed by atoms with Crippen molar-refractivity contribution in [2.24, 2.45) is 5.92 Å². The second-order valence-electron chi connectivity index (χ2n) is 7.34. The molecule has 2 aromatic carbocycles. The van der Waals surface area contributed by atoms with Crippen LogP contribution in [0, 0.1) is 12.8 Å². The third-order valence-electron chi connectivity index (χ3n) is 4.66. The Kier molecular flexibility index (Phi) is 8.07. The Morgan fingerprint density at radius 3 is 2.34 bits per heavy atom. The Bertz CT molecular complexity index is 849. The molecule has 0 saturated heterocycles. The summed E-state index contributed by atoms with van der Waals surface area (Å²) in [5.41, 5.74) is 2.24. The van der Waals surface area contributed by atoms with Crippen molar-refractivity contribution in [3.8, 4) is 11.5 Å². The van der Waals surface area contributed by atoms with E-state index in [2.05, 4.69) is 10.6 Å². The van der Waals surface area contributed by atoms with Crippen molar-refractivity contribution in [3.05, 3.63) is 59.2 Å². The van der Waals surface area contributed by atoms with Gasteiger partial charge in [-0.25, -0.2) is 0 Å². The van der Waals surface area contributed by atoms with E-state index in [4.69, 9.17) is 9.47 Å². The van der Waals surface area contributed by atoms with Crippen molar-refractivity contribution >= 4 is 11.8 Å². The molecule has 156 valence electrons. The maximum Gasteiger partial charge on any atom is 0.252 e. The summed E-state index contributed by atoms with van der Waals surface area (Å²) >= 11 is 0. The van der Waals surface area contributed by atoms with E-state index in [0.29, 0.717) is 23.5 Å². The molecule has 0 saturated carbocycles. The standard InChI is InChI=1S/C23H30N2O4/c1-15(2)13-19(25-22(26)18-11-7-6-9-16(18)3)23(27)24-14-17-10-8-12-20(28-4)21(17)29-5/h6-12,15,19H,13-14H2,1-5H3,(H,24,27)(H,25,26). The van der Waals surface area contributed by atoms with Crippen LogP contribution in [0.25, 0.3) is 0 Å². The van der Waals surface area contributed by atoms with E-state index in [0.717, 1.165) is 11.1 Å². The number of ether oxygens (including phenoxy) is 2. The molecule has 29 heavy (non-hydrogen) atoms. The van der Waals surface area contributed by atoms with Crippen molar-refractivity contribution in [1.29, 1.82) is 0 Å². The zero-order valence-electron chi connectivity index (χ0n) is 17.7. The van der Waals surface area contributed by atoms with Crippen LogP contribution in [-0.4, -0.2) is 32.1 Å². The third kappa shape index (κ3) is 5.98. The van der Waals surface area contributed by atoms with Gasteiger partial charge >= 0.3 is 0 Å². The van der Waals surface area contributed by atoms with Crippen LogP contribution in [0.3, 0.4) is 0 Å². The first-order chi connectivity index (χ1) is 13.9. The Balaban J connectivity index is 2.11. The lowest BCUT2D eigenvalue weighted by atomic mass is 10.0. The number of amides is 2. The second-order valence-corrected chi connectivity index (χ2v) is 7.34. The average molecular weight is 399 g/mol. The predicted octanol–water partition coefficient (Wildman–Crippen LogP) is 3.47. The van der Waals surface area contributed by atoms with Crippen molar-refractivity contribution in [2.75, 3.05) is 14.2 Å². The normalized spacial score (nSPS) is 11.7.